The van der Waals surface area contributed by atoms with E-state index >= 15 is 0 Å². The van der Waals surface area contributed by atoms with Crippen LogP contribution in [0.3, 0.4) is 0 Å². The molecule has 0 aromatic heterocycles. The summed E-state index contributed by atoms with van der Waals surface area (Å²) in [5.74, 6) is 0.0585. The fraction of sp³-hybridized carbons (Fsp3) is 0.588. The Hall–Kier alpha value is -1.51. The zero-order valence-corrected chi connectivity index (χ0v) is 12.8. The van der Waals surface area contributed by atoms with Crippen LogP contribution in [0.1, 0.15) is 45.1 Å². The molecule has 2 N–H and O–H groups in total. The monoisotopic (exact) mass is 274 g/mol. The molecule has 20 heavy (non-hydrogen) atoms. The highest BCUT2D eigenvalue weighted by Crippen LogP contribution is 2.36. The van der Waals surface area contributed by atoms with E-state index in [9.17, 15) is 4.79 Å². The minimum absolute atomic E-state index is 0.0585. The summed E-state index contributed by atoms with van der Waals surface area (Å²) in [5, 5.41) is 6.35. The molecule has 3 nitrogen and oxygen atoms in total. The lowest BCUT2D eigenvalue weighted by Crippen LogP contribution is -2.32. The predicted molar refractivity (Wildman–Crippen MR) is 83.9 cm³/mol. The molecule has 1 aromatic carbocycles. The zero-order chi connectivity index (χ0) is 14.6. The van der Waals surface area contributed by atoms with Gasteiger partial charge in [0.25, 0.3) is 0 Å². The van der Waals surface area contributed by atoms with Gasteiger partial charge in [-0.1, -0.05) is 38.5 Å². The van der Waals surface area contributed by atoms with Crippen LogP contribution in [0.15, 0.2) is 24.3 Å². The van der Waals surface area contributed by atoms with E-state index in [1.54, 1.807) is 7.05 Å². The third-order valence-electron chi connectivity index (χ3n) is 4.21. The van der Waals surface area contributed by atoms with E-state index in [2.05, 4.69) is 30.5 Å². The smallest absolute Gasteiger partial charge is 0.224 e. The molecule has 1 fully saturated rings. The average Bonchev–Trinajstić information content (AvgIpc) is 2.39. The maximum absolute atomic E-state index is 11.6. The van der Waals surface area contributed by atoms with Crippen molar-refractivity contribution in [2.24, 2.45) is 5.41 Å². The van der Waals surface area contributed by atoms with E-state index < -0.39 is 0 Å². The Morgan fingerprint density at radius 1 is 1.35 bits per heavy atom. The number of rotatable bonds is 4. The number of amides is 1. The summed E-state index contributed by atoms with van der Waals surface area (Å²) in [6.45, 7) is 4.69. The summed E-state index contributed by atoms with van der Waals surface area (Å²) in [6, 6.07) is 8.66. The molecule has 0 spiro atoms. The van der Waals surface area contributed by atoms with E-state index in [1.807, 2.05) is 18.2 Å². The number of carbonyl (C=O) groups excluding carboxylic acids is 1. The highest BCUT2D eigenvalue weighted by Gasteiger charge is 2.28. The largest absolute Gasteiger partial charge is 0.382 e. The Kier molecular flexibility index (Phi) is 4.69. The molecule has 0 bridgehead atoms. The third kappa shape index (κ3) is 3.99. The Morgan fingerprint density at radius 3 is 2.80 bits per heavy atom. The molecule has 1 amide bonds. The summed E-state index contributed by atoms with van der Waals surface area (Å²) >= 11 is 0. The minimum Gasteiger partial charge on any atom is -0.382 e. The van der Waals surface area contributed by atoms with Crippen LogP contribution >= 0.6 is 0 Å². The van der Waals surface area contributed by atoms with Crippen LogP contribution in [-0.2, 0) is 11.2 Å². The van der Waals surface area contributed by atoms with Gasteiger partial charge in [0.1, 0.15) is 0 Å². The molecule has 0 aliphatic heterocycles. The number of hydrogen-bond acceptors (Lipinski definition) is 2. The molecule has 3 heteroatoms. The van der Waals surface area contributed by atoms with Gasteiger partial charge in [-0.3, -0.25) is 4.79 Å². The first-order chi connectivity index (χ1) is 9.50. The van der Waals surface area contributed by atoms with Crippen molar-refractivity contribution >= 4 is 11.6 Å². The SMILES string of the molecule is CNC(=O)Cc1ccccc1NC1CCCC(C)(C)C1. The second-order valence-electron chi connectivity index (χ2n) is 6.61. The molecule has 1 aromatic rings. The molecule has 1 aliphatic rings. The molecular weight excluding hydrogens is 248 g/mol. The van der Waals surface area contributed by atoms with E-state index in [-0.39, 0.29) is 5.91 Å². The molecule has 110 valence electrons. The van der Waals surface area contributed by atoms with E-state index in [1.165, 1.54) is 25.7 Å². The Bertz CT molecular complexity index is 468. The fourth-order valence-electron chi connectivity index (χ4n) is 3.12. The van der Waals surface area contributed by atoms with Crippen LogP contribution < -0.4 is 10.6 Å². The van der Waals surface area contributed by atoms with Gasteiger partial charge < -0.3 is 10.6 Å². The zero-order valence-electron chi connectivity index (χ0n) is 12.8. The maximum Gasteiger partial charge on any atom is 0.224 e. The summed E-state index contributed by atoms with van der Waals surface area (Å²) in [7, 11) is 1.68. The van der Waals surface area contributed by atoms with Crippen molar-refractivity contribution in [2.75, 3.05) is 12.4 Å². The van der Waals surface area contributed by atoms with Crippen molar-refractivity contribution in [1.29, 1.82) is 0 Å². The van der Waals surface area contributed by atoms with Crippen LogP contribution in [-0.4, -0.2) is 19.0 Å². The second-order valence-corrected chi connectivity index (χ2v) is 6.61. The predicted octanol–water partition coefficient (Wildman–Crippen LogP) is 3.36. The van der Waals surface area contributed by atoms with Gasteiger partial charge in [0.05, 0.1) is 6.42 Å². The first-order valence-corrected chi connectivity index (χ1v) is 7.55. The number of nitrogens with one attached hydrogen (secondary N) is 2. The number of benzene rings is 1. The van der Waals surface area contributed by atoms with Gasteiger partial charge in [-0.2, -0.15) is 0 Å². The minimum atomic E-state index is 0.0585. The second kappa shape index (κ2) is 6.29. The lowest BCUT2D eigenvalue weighted by atomic mass is 9.75. The molecule has 0 heterocycles. The van der Waals surface area contributed by atoms with Crippen LogP contribution in [0, 0.1) is 5.41 Å². The Morgan fingerprint density at radius 2 is 2.10 bits per heavy atom. The number of carbonyl (C=O) groups is 1. The van der Waals surface area contributed by atoms with Gasteiger partial charge in [0.2, 0.25) is 5.91 Å². The lowest BCUT2D eigenvalue weighted by Gasteiger charge is -2.36. The van der Waals surface area contributed by atoms with Crippen molar-refractivity contribution in [3.63, 3.8) is 0 Å². The van der Waals surface area contributed by atoms with Crippen LogP contribution in [0.5, 0.6) is 0 Å². The van der Waals surface area contributed by atoms with Crippen molar-refractivity contribution in [2.45, 2.75) is 52.0 Å². The summed E-state index contributed by atoms with van der Waals surface area (Å²) in [6.07, 6.45) is 5.45. The molecule has 1 saturated carbocycles. The highest BCUT2D eigenvalue weighted by molar-refractivity contribution is 5.80. The molecule has 1 unspecified atom stereocenters. The number of hydrogen-bond donors (Lipinski definition) is 2. The van der Waals surface area contributed by atoms with E-state index in [0.717, 1.165) is 11.3 Å². The lowest BCUT2D eigenvalue weighted by molar-refractivity contribution is -0.119. The van der Waals surface area contributed by atoms with Gasteiger partial charge in [-0.05, 0) is 36.3 Å². The van der Waals surface area contributed by atoms with Crippen molar-refractivity contribution in [1.82, 2.24) is 5.32 Å². The van der Waals surface area contributed by atoms with Gasteiger partial charge in [0.15, 0.2) is 0 Å². The molecular formula is C17H26N2O. The number of likely N-dealkylation sites (N-methyl/N-ethyl adjacent to an activating group) is 1. The van der Waals surface area contributed by atoms with Crippen molar-refractivity contribution in [3.05, 3.63) is 29.8 Å². The van der Waals surface area contributed by atoms with Gasteiger partial charge >= 0.3 is 0 Å². The topological polar surface area (TPSA) is 41.1 Å². The Labute approximate surface area is 122 Å². The fourth-order valence-corrected chi connectivity index (χ4v) is 3.12. The van der Waals surface area contributed by atoms with Crippen molar-refractivity contribution in [3.8, 4) is 0 Å². The first-order valence-electron chi connectivity index (χ1n) is 7.55. The molecule has 1 aliphatic carbocycles. The molecule has 0 saturated heterocycles. The number of para-hydroxylation sites is 1. The normalized spacial score (nSPS) is 21.2. The average molecular weight is 274 g/mol. The summed E-state index contributed by atoms with van der Waals surface area (Å²) in [4.78, 5) is 11.6. The summed E-state index contributed by atoms with van der Waals surface area (Å²) < 4.78 is 0. The van der Waals surface area contributed by atoms with Gasteiger partial charge in [0, 0.05) is 18.8 Å². The van der Waals surface area contributed by atoms with Crippen LogP contribution in [0.25, 0.3) is 0 Å². The standard InChI is InChI=1S/C17H26N2O/c1-17(2)10-6-8-14(12-17)19-15-9-5-4-7-13(15)11-16(20)18-3/h4-5,7,9,14,19H,6,8,10-12H2,1-3H3,(H,18,20). The Balaban J connectivity index is 2.07. The van der Waals surface area contributed by atoms with E-state index in [4.69, 9.17) is 0 Å². The molecule has 2 rings (SSSR count). The van der Waals surface area contributed by atoms with Crippen molar-refractivity contribution < 1.29 is 4.79 Å². The number of anilines is 1. The van der Waals surface area contributed by atoms with E-state index in [0.29, 0.717) is 17.9 Å². The highest BCUT2D eigenvalue weighted by atomic mass is 16.1. The van der Waals surface area contributed by atoms with Crippen LogP contribution in [0.4, 0.5) is 5.69 Å². The third-order valence-corrected chi connectivity index (χ3v) is 4.21. The quantitative estimate of drug-likeness (QED) is 0.884. The molecule has 1 atom stereocenters. The van der Waals surface area contributed by atoms with Gasteiger partial charge in [-0.15, -0.1) is 0 Å². The van der Waals surface area contributed by atoms with Crippen LogP contribution in [0.2, 0.25) is 0 Å². The summed E-state index contributed by atoms with van der Waals surface area (Å²) in [5.41, 5.74) is 2.61. The first kappa shape index (κ1) is 14.9. The van der Waals surface area contributed by atoms with Gasteiger partial charge in [-0.25, -0.2) is 0 Å². The maximum atomic E-state index is 11.6. The molecule has 0 radical (unpaired) electrons.